The Labute approximate surface area is 183 Å². The first kappa shape index (κ1) is 20.9. The summed E-state index contributed by atoms with van der Waals surface area (Å²) in [7, 11) is 0. The highest BCUT2D eigenvalue weighted by Gasteiger charge is 2.09. The average molecular weight is 436 g/mol. The Hall–Kier alpha value is -3.32. The molecule has 31 heavy (non-hydrogen) atoms. The van der Waals surface area contributed by atoms with Gasteiger partial charge in [-0.15, -0.1) is 5.10 Å². The number of rotatable bonds is 8. The predicted molar refractivity (Wildman–Crippen MR) is 123 cm³/mol. The smallest absolute Gasteiger partial charge is 0.291 e. The van der Waals surface area contributed by atoms with Crippen LogP contribution in [0.5, 0.6) is 5.75 Å². The summed E-state index contributed by atoms with van der Waals surface area (Å²) in [5.41, 5.74) is 1.54. The van der Waals surface area contributed by atoms with Crippen LogP contribution >= 0.6 is 11.3 Å². The summed E-state index contributed by atoms with van der Waals surface area (Å²) in [5, 5.41) is 4.27. The van der Waals surface area contributed by atoms with E-state index in [0.29, 0.717) is 21.9 Å². The first-order valence-electron chi connectivity index (χ1n) is 10.2. The van der Waals surface area contributed by atoms with Gasteiger partial charge in [-0.3, -0.25) is 4.79 Å². The van der Waals surface area contributed by atoms with Gasteiger partial charge in [0.15, 0.2) is 5.82 Å². The van der Waals surface area contributed by atoms with E-state index in [9.17, 15) is 9.18 Å². The molecule has 0 bridgehead atoms. The summed E-state index contributed by atoms with van der Waals surface area (Å²) in [5.74, 6) is 0.978. The molecule has 0 saturated heterocycles. The molecule has 0 amide bonds. The lowest BCUT2D eigenvalue weighted by Crippen LogP contribution is -2.23. The molecule has 5 nitrogen and oxygen atoms in total. The number of aromatic nitrogens is 3. The fourth-order valence-electron chi connectivity index (χ4n) is 3.02. The standard InChI is InChI=1S/C24H22FN3O2S/c1-2-3-4-15-30-20-12-7-18(8-13-20)16-21-23(29)28-24(31-21)26-22(27-28)14-9-17-5-10-19(25)11-6-17/h5-14,16H,2-4,15H2,1H3/b14-9+,21-16-. The number of benzene rings is 2. The topological polar surface area (TPSA) is 56.5 Å². The summed E-state index contributed by atoms with van der Waals surface area (Å²) < 4.78 is 20.6. The molecule has 158 valence electrons. The molecule has 0 aliphatic heterocycles. The van der Waals surface area contributed by atoms with E-state index in [2.05, 4.69) is 17.0 Å². The Bertz CT molecular complexity index is 1290. The molecule has 2 aromatic heterocycles. The van der Waals surface area contributed by atoms with Gasteiger partial charge in [-0.05, 0) is 54.0 Å². The molecule has 0 aliphatic rings. The molecular formula is C24H22FN3O2S. The highest BCUT2D eigenvalue weighted by molar-refractivity contribution is 7.15. The van der Waals surface area contributed by atoms with E-state index in [1.54, 1.807) is 24.3 Å². The third kappa shape index (κ3) is 5.24. The Morgan fingerprint density at radius 2 is 1.77 bits per heavy atom. The SMILES string of the molecule is CCCCCOc1ccc(/C=c2\sc3nc(/C=C/c4ccc(F)cc4)nn3c2=O)cc1. The third-order valence-corrected chi connectivity index (χ3v) is 5.65. The fourth-order valence-corrected chi connectivity index (χ4v) is 3.93. The minimum absolute atomic E-state index is 0.200. The monoisotopic (exact) mass is 435 g/mol. The number of unbranched alkanes of at least 4 members (excludes halogenated alkanes) is 2. The lowest BCUT2D eigenvalue weighted by molar-refractivity contribution is 0.306. The van der Waals surface area contributed by atoms with Crippen molar-refractivity contribution in [3.05, 3.63) is 86.2 Å². The molecule has 0 N–H and O–H groups in total. The van der Waals surface area contributed by atoms with E-state index in [1.807, 2.05) is 30.3 Å². The Kier molecular flexibility index (Phi) is 6.52. The molecule has 0 atom stereocenters. The molecule has 0 unspecified atom stereocenters. The summed E-state index contributed by atoms with van der Waals surface area (Å²) in [6.45, 7) is 2.88. The molecule has 0 radical (unpaired) electrons. The van der Waals surface area contributed by atoms with Crippen LogP contribution in [0.3, 0.4) is 0 Å². The zero-order valence-corrected chi connectivity index (χ0v) is 17.9. The lowest BCUT2D eigenvalue weighted by Gasteiger charge is -2.05. The molecule has 4 rings (SSSR count). The first-order valence-corrected chi connectivity index (χ1v) is 11.0. The van der Waals surface area contributed by atoms with Gasteiger partial charge in [0.05, 0.1) is 11.1 Å². The Morgan fingerprint density at radius 3 is 2.48 bits per heavy atom. The second-order valence-electron chi connectivity index (χ2n) is 7.09. The minimum Gasteiger partial charge on any atom is -0.494 e. The van der Waals surface area contributed by atoms with Crippen LogP contribution in [0.4, 0.5) is 4.39 Å². The van der Waals surface area contributed by atoms with Gasteiger partial charge in [-0.1, -0.05) is 61.4 Å². The number of fused-ring (bicyclic) bond motifs is 1. The van der Waals surface area contributed by atoms with Gasteiger partial charge < -0.3 is 4.74 Å². The molecule has 0 aliphatic carbocycles. The van der Waals surface area contributed by atoms with Crippen molar-refractivity contribution in [2.75, 3.05) is 6.61 Å². The van der Waals surface area contributed by atoms with Crippen LogP contribution in [0.2, 0.25) is 0 Å². The molecule has 0 spiro atoms. The highest BCUT2D eigenvalue weighted by atomic mass is 32.1. The van der Waals surface area contributed by atoms with Gasteiger partial charge in [0, 0.05) is 0 Å². The van der Waals surface area contributed by atoms with Crippen LogP contribution in [0.15, 0.2) is 53.3 Å². The van der Waals surface area contributed by atoms with Crippen molar-refractivity contribution in [2.24, 2.45) is 0 Å². The number of thiazole rings is 1. The molecule has 2 aromatic carbocycles. The number of hydrogen-bond donors (Lipinski definition) is 0. The van der Waals surface area contributed by atoms with Gasteiger partial charge in [0.1, 0.15) is 11.6 Å². The van der Waals surface area contributed by atoms with Gasteiger partial charge in [-0.25, -0.2) is 4.39 Å². The summed E-state index contributed by atoms with van der Waals surface area (Å²) >= 11 is 1.29. The van der Waals surface area contributed by atoms with Gasteiger partial charge in [-0.2, -0.15) is 9.50 Å². The Morgan fingerprint density at radius 1 is 1.03 bits per heavy atom. The van der Waals surface area contributed by atoms with Crippen molar-refractivity contribution in [1.29, 1.82) is 0 Å². The number of hydrogen-bond acceptors (Lipinski definition) is 5. The van der Waals surface area contributed by atoms with Crippen molar-refractivity contribution in [2.45, 2.75) is 26.2 Å². The molecule has 2 heterocycles. The van der Waals surface area contributed by atoms with E-state index < -0.39 is 0 Å². The second kappa shape index (κ2) is 9.66. The van der Waals surface area contributed by atoms with Crippen LogP contribution in [0, 0.1) is 5.82 Å². The number of ether oxygens (including phenoxy) is 1. The molecule has 7 heteroatoms. The third-order valence-electron chi connectivity index (χ3n) is 4.69. The summed E-state index contributed by atoms with van der Waals surface area (Å²) in [4.78, 5) is 17.6. The van der Waals surface area contributed by atoms with Gasteiger partial charge in [0.2, 0.25) is 4.96 Å². The Balaban J connectivity index is 1.49. The summed E-state index contributed by atoms with van der Waals surface area (Å²) in [6.07, 6.45) is 8.69. The zero-order chi connectivity index (χ0) is 21.6. The number of nitrogens with zero attached hydrogens (tertiary/aromatic N) is 3. The fraction of sp³-hybridized carbons (Fsp3) is 0.208. The molecule has 0 fully saturated rings. The van der Waals surface area contributed by atoms with Crippen LogP contribution in [0.1, 0.15) is 43.1 Å². The quantitative estimate of drug-likeness (QED) is 0.380. The van der Waals surface area contributed by atoms with Crippen LogP contribution in [0.25, 0.3) is 23.2 Å². The maximum Gasteiger partial charge on any atom is 0.291 e. The highest BCUT2D eigenvalue weighted by Crippen LogP contribution is 2.14. The maximum atomic E-state index is 13.0. The van der Waals surface area contributed by atoms with Crippen molar-refractivity contribution in [3.8, 4) is 5.75 Å². The van der Waals surface area contributed by atoms with Crippen LogP contribution < -0.4 is 14.8 Å². The van der Waals surface area contributed by atoms with E-state index in [0.717, 1.165) is 29.7 Å². The van der Waals surface area contributed by atoms with E-state index >= 15 is 0 Å². The lowest BCUT2D eigenvalue weighted by atomic mass is 10.2. The molecular weight excluding hydrogens is 413 g/mol. The van der Waals surface area contributed by atoms with Crippen molar-refractivity contribution in [3.63, 3.8) is 0 Å². The van der Waals surface area contributed by atoms with Gasteiger partial charge >= 0.3 is 0 Å². The second-order valence-corrected chi connectivity index (χ2v) is 8.10. The average Bonchev–Trinajstić information content (AvgIpc) is 3.31. The van der Waals surface area contributed by atoms with Gasteiger partial charge in [0.25, 0.3) is 5.56 Å². The summed E-state index contributed by atoms with van der Waals surface area (Å²) in [6, 6.07) is 13.8. The van der Waals surface area contributed by atoms with Crippen LogP contribution in [-0.2, 0) is 0 Å². The van der Waals surface area contributed by atoms with Crippen molar-refractivity contribution < 1.29 is 9.13 Å². The maximum absolute atomic E-state index is 13.0. The first-order chi connectivity index (χ1) is 15.1. The van der Waals surface area contributed by atoms with E-state index in [-0.39, 0.29) is 11.4 Å². The van der Waals surface area contributed by atoms with Crippen molar-refractivity contribution >= 4 is 34.5 Å². The zero-order valence-electron chi connectivity index (χ0n) is 17.1. The normalized spacial score (nSPS) is 12.3. The van der Waals surface area contributed by atoms with E-state index in [4.69, 9.17) is 4.74 Å². The van der Waals surface area contributed by atoms with E-state index in [1.165, 1.54) is 34.4 Å². The number of halogens is 1. The van der Waals surface area contributed by atoms with Crippen molar-refractivity contribution in [1.82, 2.24) is 14.6 Å². The molecule has 0 saturated carbocycles. The minimum atomic E-state index is -0.285. The molecule has 4 aromatic rings. The largest absolute Gasteiger partial charge is 0.494 e. The van der Waals surface area contributed by atoms with Crippen LogP contribution in [-0.4, -0.2) is 21.2 Å². The predicted octanol–water partition coefficient (Wildman–Crippen LogP) is 4.58.